The van der Waals surface area contributed by atoms with E-state index in [1.807, 2.05) is 18.2 Å². The van der Waals surface area contributed by atoms with E-state index in [9.17, 15) is 0 Å². The zero-order valence-corrected chi connectivity index (χ0v) is 11.4. The molecular formula is C11H14BrNOS. The highest BCUT2D eigenvalue weighted by Crippen LogP contribution is 2.23. The van der Waals surface area contributed by atoms with Gasteiger partial charge in [-0.2, -0.15) is 0 Å². The van der Waals surface area contributed by atoms with E-state index in [4.69, 9.17) is 17.0 Å². The van der Waals surface area contributed by atoms with E-state index >= 15 is 0 Å². The lowest BCUT2D eigenvalue weighted by atomic mass is 10.2. The topological polar surface area (TPSA) is 21.3 Å². The fourth-order valence-corrected chi connectivity index (χ4v) is 1.94. The highest BCUT2D eigenvalue weighted by atomic mass is 79.9. The van der Waals surface area contributed by atoms with Gasteiger partial charge in [-0.25, -0.2) is 0 Å². The van der Waals surface area contributed by atoms with Gasteiger partial charge in [-0.1, -0.05) is 28.1 Å². The average Bonchev–Trinajstić information content (AvgIpc) is 2.16. The number of hydrogen-bond acceptors (Lipinski definition) is 2. The van der Waals surface area contributed by atoms with Crippen molar-refractivity contribution < 1.29 is 4.74 Å². The lowest BCUT2D eigenvalue weighted by Gasteiger charge is -2.14. The normalized spacial score (nSPS) is 10.2. The van der Waals surface area contributed by atoms with Gasteiger partial charge >= 0.3 is 0 Å². The van der Waals surface area contributed by atoms with E-state index in [1.54, 1.807) is 7.11 Å². The van der Waals surface area contributed by atoms with Crippen LogP contribution in [0.2, 0.25) is 0 Å². The van der Waals surface area contributed by atoms with Crippen molar-refractivity contribution in [3.05, 3.63) is 28.2 Å². The Bertz CT molecular complexity index is 366. The molecule has 82 valence electrons. The monoisotopic (exact) mass is 287 g/mol. The minimum Gasteiger partial charge on any atom is -0.496 e. The predicted octanol–water partition coefficient (Wildman–Crippen LogP) is 3.13. The van der Waals surface area contributed by atoms with Gasteiger partial charge in [0.05, 0.1) is 12.7 Å². The summed E-state index contributed by atoms with van der Waals surface area (Å²) in [7, 11) is 1.64. The van der Waals surface area contributed by atoms with E-state index < -0.39 is 0 Å². The Kier molecular flexibility index (Phi) is 4.54. The van der Waals surface area contributed by atoms with Gasteiger partial charge < -0.3 is 10.1 Å². The van der Waals surface area contributed by atoms with Gasteiger partial charge in [-0.05, 0) is 32.0 Å². The zero-order chi connectivity index (χ0) is 11.4. The Hall–Kier alpha value is -0.610. The first-order chi connectivity index (χ1) is 7.04. The van der Waals surface area contributed by atoms with Crippen molar-refractivity contribution >= 4 is 33.1 Å². The second-order valence-corrected chi connectivity index (χ2v) is 4.80. The molecule has 0 saturated heterocycles. The number of nitrogens with one attached hydrogen (secondary N) is 1. The summed E-state index contributed by atoms with van der Waals surface area (Å²) in [5.74, 6) is 0.780. The van der Waals surface area contributed by atoms with E-state index in [-0.39, 0.29) is 0 Å². The number of methoxy groups -OCH3 is 1. The molecule has 0 unspecified atom stereocenters. The van der Waals surface area contributed by atoms with Crippen LogP contribution in [0.1, 0.15) is 19.4 Å². The predicted molar refractivity (Wildman–Crippen MR) is 70.7 cm³/mol. The van der Waals surface area contributed by atoms with Crippen LogP contribution in [-0.4, -0.2) is 18.1 Å². The summed E-state index contributed by atoms with van der Waals surface area (Å²) in [6, 6.07) is 6.13. The zero-order valence-electron chi connectivity index (χ0n) is 9.00. The molecule has 0 aliphatic rings. The first-order valence-corrected chi connectivity index (χ1v) is 5.89. The molecule has 0 saturated carbocycles. The van der Waals surface area contributed by atoms with Crippen molar-refractivity contribution in [2.75, 3.05) is 7.11 Å². The van der Waals surface area contributed by atoms with Crippen LogP contribution in [0.3, 0.4) is 0 Å². The molecule has 0 radical (unpaired) electrons. The SMILES string of the molecule is COc1cc(Br)ccc1C(=S)NC(C)C. The van der Waals surface area contributed by atoms with Crippen molar-refractivity contribution in [1.82, 2.24) is 5.32 Å². The van der Waals surface area contributed by atoms with Crippen LogP contribution in [-0.2, 0) is 0 Å². The molecule has 2 nitrogen and oxygen atoms in total. The molecule has 0 bridgehead atoms. The summed E-state index contributed by atoms with van der Waals surface area (Å²) in [5, 5.41) is 3.19. The third kappa shape index (κ3) is 3.47. The first-order valence-electron chi connectivity index (χ1n) is 4.69. The number of halogens is 1. The van der Waals surface area contributed by atoms with Crippen LogP contribution in [0.4, 0.5) is 0 Å². The maximum Gasteiger partial charge on any atom is 0.130 e. The third-order valence-corrected chi connectivity index (χ3v) is 2.66. The van der Waals surface area contributed by atoms with Gasteiger partial charge in [-0.15, -0.1) is 0 Å². The number of thiocarbonyl (C=S) groups is 1. The molecule has 0 spiro atoms. The smallest absolute Gasteiger partial charge is 0.130 e. The summed E-state index contributed by atoms with van der Waals surface area (Å²) in [6.07, 6.45) is 0. The molecular weight excluding hydrogens is 274 g/mol. The summed E-state index contributed by atoms with van der Waals surface area (Å²) in [4.78, 5) is 0.717. The standard InChI is InChI=1S/C11H14BrNOS/c1-7(2)13-11(15)9-5-4-8(12)6-10(9)14-3/h4-7H,1-3H3,(H,13,15). The Morgan fingerprint density at radius 3 is 2.67 bits per heavy atom. The average molecular weight is 288 g/mol. The first kappa shape index (κ1) is 12.5. The number of benzene rings is 1. The lowest BCUT2D eigenvalue weighted by molar-refractivity contribution is 0.413. The molecule has 4 heteroatoms. The van der Waals surface area contributed by atoms with Crippen molar-refractivity contribution in [2.24, 2.45) is 0 Å². The molecule has 0 aromatic heterocycles. The number of ether oxygens (including phenoxy) is 1. The lowest BCUT2D eigenvalue weighted by Crippen LogP contribution is -2.29. The minimum absolute atomic E-state index is 0.325. The minimum atomic E-state index is 0.325. The fraction of sp³-hybridized carbons (Fsp3) is 0.364. The number of rotatable bonds is 3. The molecule has 0 atom stereocenters. The summed E-state index contributed by atoms with van der Waals surface area (Å²) in [5.41, 5.74) is 0.921. The molecule has 0 aliphatic carbocycles. The van der Waals surface area contributed by atoms with Gasteiger partial charge in [0.25, 0.3) is 0 Å². The third-order valence-electron chi connectivity index (χ3n) is 1.83. The summed E-state index contributed by atoms with van der Waals surface area (Å²) < 4.78 is 6.25. The van der Waals surface area contributed by atoms with Crippen molar-refractivity contribution in [2.45, 2.75) is 19.9 Å². The van der Waals surface area contributed by atoms with Crippen molar-refractivity contribution in [1.29, 1.82) is 0 Å². The largest absolute Gasteiger partial charge is 0.496 e. The van der Waals surface area contributed by atoms with Crippen LogP contribution >= 0.6 is 28.1 Å². The molecule has 1 N–H and O–H groups in total. The number of hydrogen-bond donors (Lipinski definition) is 1. The Morgan fingerprint density at radius 1 is 1.47 bits per heavy atom. The molecule has 1 rings (SSSR count). The van der Waals surface area contributed by atoms with Crippen LogP contribution in [0, 0.1) is 0 Å². The van der Waals surface area contributed by atoms with Crippen molar-refractivity contribution in [3.63, 3.8) is 0 Å². The Balaban J connectivity index is 2.97. The molecule has 0 aliphatic heterocycles. The van der Waals surface area contributed by atoms with Gasteiger partial charge in [-0.3, -0.25) is 0 Å². The van der Waals surface area contributed by atoms with Gasteiger partial charge in [0.2, 0.25) is 0 Å². The molecule has 1 aromatic rings. The maximum absolute atomic E-state index is 5.29. The molecule has 1 aromatic carbocycles. The Morgan fingerprint density at radius 2 is 2.13 bits per heavy atom. The highest BCUT2D eigenvalue weighted by Gasteiger charge is 2.09. The summed E-state index contributed by atoms with van der Waals surface area (Å²) >= 11 is 8.68. The molecule has 0 heterocycles. The van der Waals surface area contributed by atoms with Gasteiger partial charge in [0.15, 0.2) is 0 Å². The van der Waals surface area contributed by atoms with E-state index in [0.29, 0.717) is 11.0 Å². The van der Waals surface area contributed by atoms with Crippen LogP contribution in [0.25, 0.3) is 0 Å². The van der Waals surface area contributed by atoms with E-state index in [2.05, 4.69) is 35.1 Å². The Labute approximate surface area is 104 Å². The van der Waals surface area contributed by atoms with E-state index in [0.717, 1.165) is 15.8 Å². The molecule has 15 heavy (non-hydrogen) atoms. The van der Waals surface area contributed by atoms with Crippen molar-refractivity contribution in [3.8, 4) is 5.75 Å². The van der Waals surface area contributed by atoms with Crippen LogP contribution in [0.15, 0.2) is 22.7 Å². The second kappa shape index (κ2) is 5.47. The fourth-order valence-electron chi connectivity index (χ4n) is 1.19. The van der Waals surface area contributed by atoms with Crippen LogP contribution < -0.4 is 10.1 Å². The van der Waals surface area contributed by atoms with Gasteiger partial charge in [0, 0.05) is 10.5 Å². The highest BCUT2D eigenvalue weighted by molar-refractivity contribution is 9.10. The maximum atomic E-state index is 5.29. The summed E-state index contributed by atoms with van der Waals surface area (Å²) in [6.45, 7) is 4.11. The van der Waals surface area contributed by atoms with Gasteiger partial charge in [0.1, 0.15) is 10.7 Å². The quantitative estimate of drug-likeness (QED) is 0.863. The molecule has 0 fully saturated rings. The second-order valence-electron chi connectivity index (χ2n) is 3.47. The molecule has 0 amide bonds. The van der Waals surface area contributed by atoms with E-state index in [1.165, 1.54) is 0 Å². The van der Waals surface area contributed by atoms with Crippen LogP contribution in [0.5, 0.6) is 5.75 Å².